The number of rotatable bonds is 5. The van der Waals surface area contributed by atoms with E-state index in [0.717, 1.165) is 40.5 Å². The number of ether oxygens (including phenoxy) is 1. The molecular weight excluding hydrogens is 406 g/mol. The molecule has 4 aromatic rings. The van der Waals surface area contributed by atoms with Gasteiger partial charge in [0.05, 0.1) is 0 Å². The summed E-state index contributed by atoms with van der Waals surface area (Å²) in [6.07, 6.45) is 1.71. The zero-order chi connectivity index (χ0) is 21.9. The van der Waals surface area contributed by atoms with Crippen LogP contribution < -0.4 is 10.5 Å². The molecule has 8 nitrogen and oxygen atoms in total. The number of nitrogens with zero attached hydrogens (tertiary/aromatic N) is 4. The highest BCUT2D eigenvalue weighted by molar-refractivity contribution is 5.87. The van der Waals surface area contributed by atoms with Gasteiger partial charge >= 0.3 is 0 Å². The van der Waals surface area contributed by atoms with Gasteiger partial charge in [-0.25, -0.2) is 0 Å². The predicted octanol–water partition coefficient (Wildman–Crippen LogP) is 4.31. The number of guanidine groups is 1. The minimum absolute atomic E-state index is 0.0586. The van der Waals surface area contributed by atoms with Crippen LogP contribution in [0, 0.1) is 0 Å². The summed E-state index contributed by atoms with van der Waals surface area (Å²) in [5.41, 5.74) is 7.77. The zero-order valence-electron chi connectivity index (χ0n) is 17.4. The summed E-state index contributed by atoms with van der Waals surface area (Å²) in [5, 5.41) is 18.4. The minimum Gasteiger partial charge on any atom is -0.489 e. The van der Waals surface area contributed by atoms with Gasteiger partial charge in [0.1, 0.15) is 18.4 Å². The number of benzene rings is 3. The topological polar surface area (TPSA) is 110 Å². The molecule has 162 valence electrons. The van der Waals surface area contributed by atoms with Crippen LogP contribution in [0.4, 0.5) is 0 Å². The lowest BCUT2D eigenvalue weighted by molar-refractivity contribution is 0.263. The maximum atomic E-state index is 9.00. The van der Waals surface area contributed by atoms with Gasteiger partial charge < -0.3 is 25.1 Å². The van der Waals surface area contributed by atoms with Gasteiger partial charge in [-0.15, -0.1) is 0 Å². The molecule has 3 N–H and O–H groups in total. The van der Waals surface area contributed by atoms with Crippen molar-refractivity contribution in [2.75, 3.05) is 6.54 Å². The molecule has 8 heteroatoms. The molecule has 5 rings (SSSR count). The zero-order valence-corrected chi connectivity index (χ0v) is 17.4. The average molecular weight is 429 g/mol. The summed E-state index contributed by atoms with van der Waals surface area (Å²) in [6.45, 7) is 1.21. The normalized spacial score (nSPS) is 16.6. The Bertz CT molecular complexity index is 1250. The highest BCUT2D eigenvalue weighted by atomic mass is 16.5. The van der Waals surface area contributed by atoms with Crippen LogP contribution in [0.5, 0.6) is 5.75 Å². The molecule has 0 saturated carbocycles. The van der Waals surface area contributed by atoms with E-state index in [1.807, 2.05) is 66.7 Å². The molecule has 1 aliphatic rings. The third-order valence-corrected chi connectivity index (χ3v) is 5.69. The van der Waals surface area contributed by atoms with Crippen LogP contribution >= 0.6 is 0 Å². The van der Waals surface area contributed by atoms with Crippen LogP contribution in [-0.4, -0.2) is 32.8 Å². The number of oxime groups is 1. The second kappa shape index (κ2) is 8.58. The largest absolute Gasteiger partial charge is 0.489 e. The van der Waals surface area contributed by atoms with Crippen molar-refractivity contribution >= 4 is 16.7 Å². The second-order valence-electron chi connectivity index (χ2n) is 7.76. The fourth-order valence-electron chi connectivity index (χ4n) is 4.04. The van der Waals surface area contributed by atoms with Gasteiger partial charge in [-0.2, -0.15) is 4.98 Å². The van der Waals surface area contributed by atoms with E-state index in [0.29, 0.717) is 24.9 Å². The van der Waals surface area contributed by atoms with Gasteiger partial charge in [-0.1, -0.05) is 58.8 Å². The van der Waals surface area contributed by atoms with Crippen LogP contribution in [0.15, 0.2) is 76.4 Å². The second-order valence-corrected chi connectivity index (χ2v) is 7.76. The van der Waals surface area contributed by atoms with Crippen molar-refractivity contribution in [1.82, 2.24) is 15.0 Å². The molecule has 32 heavy (non-hydrogen) atoms. The maximum Gasteiger partial charge on any atom is 0.249 e. The third-order valence-electron chi connectivity index (χ3n) is 5.69. The van der Waals surface area contributed by atoms with Crippen molar-refractivity contribution in [2.24, 2.45) is 10.9 Å². The quantitative estimate of drug-likeness (QED) is 0.210. The van der Waals surface area contributed by atoms with E-state index in [9.17, 15) is 0 Å². The Morgan fingerprint density at radius 3 is 2.78 bits per heavy atom. The van der Waals surface area contributed by atoms with Crippen molar-refractivity contribution in [2.45, 2.75) is 25.5 Å². The summed E-state index contributed by atoms with van der Waals surface area (Å²) >= 11 is 0. The van der Waals surface area contributed by atoms with Crippen LogP contribution in [0.2, 0.25) is 0 Å². The Morgan fingerprint density at radius 2 is 1.94 bits per heavy atom. The molecule has 0 aliphatic carbocycles. The Balaban J connectivity index is 1.34. The molecule has 1 atom stereocenters. The monoisotopic (exact) mass is 429 g/mol. The average Bonchev–Trinajstić information content (AvgIpc) is 3.52. The first kappa shape index (κ1) is 19.9. The lowest BCUT2D eigenvalue weighted by Gasteiger charge is -2.21. The first-order valence-corrected chi connectivity index (χ1v) is 10.5. The lowest BCUT2D eigenvalue weighted by Crippen LogP contribution is -2.36. The lowest BCUT2D eigenvalue weighted by atomic mass is 10.1. The van der Waals surface area contributed by atoms with E-state index in [1.54, 1.807) is 4.90 Å². The summed E-state index contributed by atoms with van der Waals surface area (Å²) in [5.74, 6) is 1.86. The van der Waals surface area contributed by atoms with Crippen molar-refractivity contribution in [3.05, 3.63) is 78.2 Å². The first-order valence-electron chi connectivity index (χ1n) is 10.5. The molecule has 0 spiro atoms. The number of hydrogen-bond donors (Lipinski definition) is 2. The predicted molar refractivity (Wildman–Crippen MR) is 120 cm³/mol. The molecule has 0 amide bonds. The molecule has 0 radical (unpaired) electrons. The first-order chi connectivity index (χ1) is 15.7. The van der Waals surface area contributed by atoms with Crippen LogP contribution in [0.1, 0.15) is 30.3 Å². The van der Waals surface area contributed by atoms with Gasteiger partial charge in [0, 0.05) is 12.1 Å². The number of aromatic nitrogens is 2. The Morgan fingerprint density at radius 1 is 1.12 bits per heavy atom. The molecule has 1 saturated heterocycles. The molecule has 0 unspecified atom stereocenters. The molecular formula is C24H23N5O3. The number of fused-ring (bicyclic) bond motifs is 1. The number of nitrogens with two attached hydrogens (primary N) is 1. The summed E-state index contributed by atoms with van der Waals surface area (Å²) in [6, 6.07) is 21.9. The van der Waals surface area contributed by atoms with Gasteiger partial charge in [0.2, 0.25) is 17.7 Å². The van der Waals surface area contributed by atoms with Crippen LogP contribution in [0.25, 0.3) is 22.2 Å². The van der Waals surface area contributed by atoms with Gasteiger partial charge in [0.25, 0.3) is 0 Å². The standard InChI is InChI=1S/C24H23N5O3/c25-24(27-30)29-12-4-7-21(29)23-26-22(28-32-23)19-9-8-18-14-20(11-10-17(18)13-19)31-15-16-5-2-1-3-6-16/h1-3,5-6,8-11,13-14,21,30H,4,7,12,15H2,(H2,25,27)/t21-/m0/s1. The van der Waals surface area contributed by atoms with E-state index in [4.69, 9.17) is 20.2 Å². The van der Waals surface area contributed by atoms with E-state index in [1.165, 1.54) is 0 Å². The smallest absolute Gasteiger partial charge is 0.249 e. The third kappa shape index (κ3) is 3.94. The minimum atomic E-state index is -0.183. The molecule has 1 aromatic heterocycles. The van der Waals surface area contributed by atoms with E-state index in [2.05, 4.69) is 15.3 Å². The van der Waals surface area contributed by atoms with Gasteiger partial charge in [-0.05, 0) is 47.4 Å². The van der Waals surface area contributed by atoms with Gasteiger partial charge in [0.15, 0.2) is 0 Å². The molecule has 2 heterocycles. The van der Waals surface area contributed by atoms with E-state index < -0.39 is 0 Å². The SMILES string of the molecule is N/C(=N\O)N1CCC[C@H]1c1nc(-c2ccc3cc(OCc4ccccc4)ccc3c2)no1. The Hall–Kier alpha value is -4.07. The number of likely N-dealkylation sites (tertiary alicyclic amines) is 1. The molecule has 1 aliphatic heterocycles. The van der Waals surface area contributed by atoms with Crippen molar-refractivity contribution in [3.8, 4) is 17.1 Å². The van der Waals surface area contributed by atoms with Crippen molar-refractivity contribution < 1.29 is 14.5 Å². The Labute approximate surface area is 184 Å². The fraction of sp³-hybridized carbons (Fsp3) is 0.208. The van der Waals surface area contributed by atoms with Crippen molar-refractivity contribution in [3.63, 3.8) is 0 Å². The number of hydrogen-bond acceptors (Lipinski definition) is 6. The summed E-state index contributed by atoms with van der Waals surface area (Å²) in [4.78, 5) is 6.35. The van der Waals surface area contributed by atoms with E-state index >= 15 is 0 Å². The van der Waals surface area contributed by atoms with Crippen LogP contribution in [-0.2, 0) is 6.61 Å². The van der Waals surface area contributed by atoms with Gasteiger partial charge in [-0.3, -0.25) is 0 Å². The summed E-state index contributed by atoms with van der Waals surface area (Å²) < 4.78 is 11.4. The highest BCUT2D eigenvalue weighted by Gasteiger charge is 2.32. The highest BCUT2D eigenvalue weighted by Crippen LogP contribution is 2.32. The molecule has 1 fully saturated rings. The molecule has 3 aromatic carbocycles. The van der Waals surface area contributed by atoms with Crippen molar-refractivity contribution in [1.29, 1.82) is 0 Å². The Kier molecular flexibility index (Phi) is 5.33. The summed E-state index contributed by atoms with van der Waals surface area (Å²) in [7, 11) is 0. The van der Waals surface area contributed by atoms with Crippen LogP contribution in [0.3, 0.4) is 0 Å². The van der Waals surface area contributed by atoms with E-state index in [-0.39, 0.29) is 12.0 Å². The molecule has 0 bridgehead atoms. The maximum absolute atomic E-state index is 9.00. The fourth-order valence-corrected chi connectivity index (χ4v) is 4.04.